The molecule has 0 fully saturated rings. The fourth-order valence-electron chi connectivity index (χ4n) is 1.31. The summed E-state index contributed by atoms with van der Waals surface area (Å²) < 4.78 is 41.0. The minimum atomic E-state index is -4.19. The number of hydrogen-bond acceptors (Lipinski definition) is 3. The maximum absolute atomic E-state index is 12.0. The molecule has 0 aliphatic heterocycles. The standard InChI is InChI=1S/C10H13F3N2O/c1-16-8-3-2-6-15-9(8)7(14)4-5-10(11,12)13/h2-3,6-7H,4-5,14H2,1H3. The zero-order valence-corrected chi connectivity index (χ0v) is 8.79. The molecule has 1 heterocycles. The van der Waals surface area contributed by atoms with Crippen LogP contribution in [0.15, 0.2) is 18.3 Å². The van der Waals surface area contributed by atoms with E-state index in [2.05, 4.69) is 4.98 Å². The van der Waals surface area contributed by atoms with Gasteiger partial charge < -0.3 is 10.5 Å². The maximum atomic E-state index is 12.0. The van der Waals surface area contributed by atoms with Crippen LogP contribution in [0.1, 0.15) is 24.6 Å². The van der Waals surface area contributed by atoms with Crippen LogP contribution in [0.4, 0.5) is 13.2 Å². The largest absolute Gasteiger partial charge is 0.495 e. The molecule has 1 aromatic rings. The Hall–Kier alpha value is -1.30. The summed E-state index contributed by atoms with van der Waals surface area (Å²) in [6.07, 6.45) is -3.84. The fourth-order valence-corrected chi connectivity index (χ4v) is 1.31. The summed E-state index contributed by atoms with van der Waals surface area (Å²) in [6, 6.07) is 2.49. The van der Waals surface area contributed by atoms with Crippen molar-refractivity contribution >= 4 is 0 Å². The van der Waals surface area contributed by atoms with Gasteiger partial charge in [0.25, 0.3) is 0 Å². The SMILES string of the molecule is COc1cccnc1C(N)CCC(F)(F)F. The number of hydrogen-bond donors (Lipinski definition) is 1. The smallest absolute Gasteiger partial charge is 0.389 e. The van der Waals surface area contributed by atoms with Gasteiger partial charge >= 0.3 is 6.18 Å². The normalized spacial score (nSPS) is 13.6. The summed E-state index contributed by atoms with van der Waals surface area (Å²) in [6.45, 7) is 0. The first kappa shape index (κ1) is 12.8. The Balaban J connectivity index is 2.69. The average Bonchev–Trinajstić information content (AvgIpc) is 2.25. The first-order chi connectivity index (χ1) is 7.44. The van der Waals surface area contributed by atoms with E-state index in [1.165, 1.54) is 13.3 Å². The van der Waals surface area contributed by atoms with Crippen LogP contribution in [0.2, 0.25) is 0 Å². The van der Waals surface area contributed by atoms with E-state index in [0.29, 0.717) is 11.4 Å². The predicted octanol–water partition coefficient (Wildman–Crippen LogP) is 2.43. The Morgan fingerprint density at radius 3 is 2.75 bits per heavy atom. The quantitative estimate of drug-likeness (QED) is 0.870. The van der Waals surface area contributed by atoms with E-state index >= 15 is 0 Å². The molecule has 0 radical (unpaired) electrons. The minimum Gasteiger partial charge on any atom is -0.495 e. The molecular formula is C10H13F3N2O. The molecule has 90 valence electrons. The molecule has 0 aliphatic carbocycles. The maximum Gasteiger partial charge on any atom is 0.389 e. The molecule has 16 heavy (non-hydrogen) atoms. The fraction of sp³-hybridized carbons (Fsp3) is 0.500. The van der Waals surface area contributed by atoms with E-state index in [1.54, 1.807) is 12.1 Å². The minimum absolute atomic E-state index is 0.198. The highest BCUT2D eigenvalue weighted by Crippen LogP contribution is 2.28. The van der Waals surface area contributed by atoms with Crippen molar-refractivity contribution < 1.29 is 17.9 Å². The molecule has 2 N–H and O–H groups in total. The van der Waals surface area contributed by atoms with Gasteiger partial charge in [0.2, 0.25) is 0 Å². The summed E-state index contributed by atoms with van der Waals surface area (Å²) in [4.78, 5) is 3.93. The first-order valence-electron chi connectivity index (χ1n) is 4.75. The van der Waals surface area contributed by atoms with Gasteiger partial charge in [-0.1, -0.05) is 0 Å². The van der Waals surface area contributed by atoms with Gasteiger partial charge in [-0.2, -0.15) is 13.2 Å². The monoisotopic (exact) mass is 234 g/mol. The lowest BCUT2D eigenvalue weighted by molar-refractivity contribution is -0.136. The second-order valence-corrected chi connectivity index (χ2v) is 3.35. The van der Waals surface area contributed by atoms with Gasteiger partial charge in [0.1, 0.15) is 5.75 Å². The van der Waals surface area contributed by atoms with E-state index in [1.807, 2.05) is 0 Å². The van der Waals surface area contributed by atoms with Crippen LogP contribution < -0.4 is 10.5 Å². The number of aromatic nitrogens is 1. The number of pyridine rings is 1. The summed E-state index contributed by atoms with van der Waals surface area (Å²) in [5.74, 6) is 0.414. The third kappa shape index (κ3) is 3.69. The van der Waals surface area contributed by atoms with Crippen molar-refractivity contribution in [1.29, 1.82) is 0 Å². The van der Waals surface area contributed by atoms with Gasteiger partial charge in [0.15, 0.2) is 0 Å². The van der Waals surface area contributed by atoms with E-state index in [4.69, 9.17) is 10.5 Å². The predicted molar refractivity (Wildman–Crippen MR) is 53.0 cm³/mol. The number of rotatable bonds is 4. The Kier molecular flexibility index (Phi) is 4.12. The highest BCUT2D eigenvalue weighted by Gasteiger charge is 2.28. The van der Waals surface area contributed by atoms with Gasteiger partial charge in [-0.3, -0.25) is 4.98 Å². The van der Waals surface area contributed by atoms with Crippen molar-refractivity contribution in [3.8, 4) is 5.75 Å². The average molecular weight is 234 g/mol. The van der Waals surface area contributed by atoms with Crippen molar-refractivity contribution in [1.82, 2.24) is 4.98 Å². The number of halogens is 3. The highest BCUT2D eigenvalue weighted by atomic mass is 19.4. The summed E-state index contributed by atoms with van der Waals surface area (Å²) in [5, 5.41) is 0. The third-order valence-corrected chi connectivity index (χ3v) is 2.11. The molecule has 0 aliphatic rings. The summed E-state index contributed by atoms with van der Waals surface area (Å²) in [5.41, 5.74) is 5.99. The first-order valence-corrected chi connectivity index (χ1v) is 4.75. The molecule has 0 spiro atoms. The Bertz CT molecular complexity index is 341. The summed E-state index contributed by atoms with van der Waals surface area (Å²) >= 11 is 0. The van der Waals surface area contributed by atoms with E-state index in [-0.39, 0.29) is 6.42 Å². The third-order valence-electron chi connectivity index (χ3n) is 2.11. The molecule has 0 amide bonds. The van der Waals surface area contributed by atoms with Crippen LogP contribution >= 0.6 is 0 Å². The molecular weight excluding hydrogens is 221 g/mol. The van der Waals surface area contributed by atoms with Gasteiger partial charge in [-0.15, -0.1) is 0 Å². The van der Waals surface area contributed by atoms with Crippen LogP contribution in [-0.2, 0) is 0 Å². The van der Waals surface area contributed by atoms with Crippen molar-refractivity contribution in [3.05, 3.63) is 24.0 Å². The Morgan fingerprint density at radius 2 is 2.19 bits per heavy atom. The van der Waals surface area contributed by atoms with Gasteiger partial charge in [0.05, 0.1) is 18.8 Å². The second kappa shape index (κ2) is 5.16. The second-order valence-electron chi connectivity index (χ2n) is 3.35. The van der Waals surface area contributed by atoms with Gasteiger partial charge in [-0.05, 0) is 18.6 Å². The Morgan fingerprint density at radius 1 is 1.50 bits per heavy atom. The van der Waals surface area contributed by atoms with E-state index in [0.717, 1.165) is 0 Å². The van der Waals surface area contributed by atoms with Crippen LogP contribution in [0, 0.1) is 0 Å². The lowest BCUT2D eigenvalue weighted by Gasteiger charge is -2.15. The lowest BCUT2D eigenvalue weighted by Crippen LogP contribution is -2.17. The van der Waals surface area contributed by atoms with Crippen LogP contribution in [0.5, 0.6) is 5.75 Å². The van der Waals surface area contributed by atoms with Gasteiger partial charge in [0, 0.05) is 12.6 Å². The zero-order chi connectivity index (χ0) is 12.2. The molecule has 1 atom stereocenters. The molecule has 1 unspecified atom stereocenters. The molecule has 0 saturated carbocycles. The number of methoxy groups -OCH3 is 1. The number of alkyl halides is 3. The molecule has 1 aromatic heterocycles. The van der Waals surface area contributed by atoms with Crippen LogP contribution in [0.25, 0.3) is 0 Å². The molecule has 0 saturated heterocycles. The van der Waals surface area contributed by atoms with Crippen molar-refractivity contribution in [2.45, 2.75) is 25.1 Å². The number of ether oxygens (including phenoxy) is 1. The van der Waals surface area contributed by atoms with Crippen molar-refractivity contribution in [2.24, 2.45) is 5.73 Å². The van der Waals surface area contributed by atoms with Crippen LogP contribution in [0.3, 0.4) is 0 Å². The lowest BCUT2D eigenvalue weighted by atomic mass is 10.1. The van der Waals surface area contributed by atoms with E-state index in [9.17, 15) is 13.2 Å². The Labute approximate surface area is 91.4 Å². The zero-order valence-electron chi connectivity index (χ0n) is 8.79. The molecule has 1 rings (SSSR count). The number of nitrogens with zero attached hydrogens (tertiary/aromatic N) is 1. The van der Waals surface area contributed by atoms with Crippen molar-refractivity contribution in [3.63, 3.8) is 0 Å². The number of nitrogens with two attached hydrogens (primary N) is 1. The molecule has 0 bridgehead atoms. The van der Waals surface area contributed by atoms with E-state index < -0.39 is 18.6 Å². The molecule has 3 nitrogen and oxygen atoms in total. The van der Waals surface area contributed by atoms with Crippen LogP contribution in [-0.4, -0.2) is 18.3 Å². The highest BCUT2D eigenvalue weighted by molar-refractivity contribution is 5.29. The molecule has 6 heteroatoms. The van der Waals surface area contributed by atoms with Gasteiger partial charge in [-0.25, -0.2) is 0 Å². The topological polar surface area (TPSA) is 48.1 Å². The molecule has 0 aromatic carbocycles. The van der Waals surface area contributed by atoms with Crippen molar-refractivity contribution in [2.75, 3.05) is 7.11 Å². The summed E-state index contributed by atoms with van der Waals surface area (Å²) in [7, 11) is 1.43.